The van der Waals surface area contributed by atoms with E-state index in [1.807, 2.05) is 31.2 Å². The van der Waals surface area contributed by atoms with Crippen LogP contribution in [0.2, 0.25) is 5.02 Å². The van der Waals surface area contributed by atoms with E-state index in [4.69, 9.17) is 21.1 Å². The van der Waals surface area contributed by atoms with E-state index in [1.54, 1.807) is 24.4 Å². The first-order chi connectivity index (χ1) is 14.1. The monoisotopic (exact) mass is 410 g/mol. The second-order valence-electron chi connectivity index (χ2n) is 5.81. The molecule has 0 saturated heterocycles. The van der Waals surface area contributed by atoms with Crippen molar-refractivity contribution in [3.05, 3.63) is 71.1 Å². The zero-order valence-electron chi connectivity index (χ0n) is 15.9. The van der Waals surface area contributed by atoms with Crippen LogP contribution in [0.1, 0.15) is 23.0 Å². The zero-order valence-corrected chi connectivity index (χ0v) is 16.7. The van der Waals surface area contributed by atoms with Crippen molar-refractivity contribution in [2.45, 2.75) is 6.92 Å². The molecule has 2 aromatic carbocycles. The summed E-state index contributed by atoms with van der Waals surface area (Å²) in [7, 11) is 1.53. The van der Waals surface area contributed by atoms with Crippen molar-refractivity contribution >= 4 is 23.7 Å². The number of carbonyl (C=O) groups excluding carboxylic acids is 1. The van der Waals surface area contributed by atoms with Gasteiger partial charge >= 0.3 is 0 Å². The average Bonchev–Trinajstić information content (AvgIpc) is 2.76. The molecule has 3 rings (SSSR count). The third-order valence-corrected chi connectivity index (χ3v) is 4.32. The molecule has 0 aliphatic carbocycles. The number of methoxy groups -OCH3 is 1. The summed E-state index contributed by atoms with van der Waals surface area (Å²) >= 11 is 6.20. The molecule has 0 radical (unpaired) electrons. The molecule has 1 N–H and O–H groups in total. The van der Waals surface area contributed by atoms with Gasteiger partial charge in [-0.15, -0.1) is 0 Å². The summed E-state index contributed by atoms with van der Waals surface area (Å²) in [6.45, 7) is 2.52. The van der Waals surface area contributed by atoms with E-state index in [2.05, 4.69) is 20.5 Å². The van der Waals surface area contributed by atoms with Gasteiger partial charge in [-0.25, -0.2) is 10.4 Å². The maximum Gasteiger partial charge on any atom is 0.291 e. The summed E-state index contributed by atoms with van der Waals surface area (Å²) in [5, 5.41) is 4.35. The number of hydrogen-bond donors (Lipinski definition) is 1. The molecule has 1 amide bonds. The van der Waals surface area contributed by atoms with Crippen molar-refractivity contribution in [3.63, 3.8) is 0 Å². The minimum Gasteiger partial charge on any atom is -0.495 e. The van der Waals surface area contributed by atoms with Crippen LogP contribution in [0.15, 0.2) is 60.0 Å². The second-order valence-corrected chi connectivity index (χ2v) is 6.19. The lowest BCUT2D eigenvalue weighted by atomic mass is 10.1. The number of carbonyl (C=O) groups is 1. The Morgan fingerprint density at radius 3 is 2.72 bits per heavy atom. The van der Waals surface area contributed by atoms with Gasteiger partial charge in [-0.05, 0) is 37.3 Å². The van der Waals surface area contributed by atoms with Crippen LogP contribution < -0.4 is 14.9 Å². The van der Waals surface area contributed by atoms with Gasteiger partial charge in [-0.3, -0.25) is 9.78 Å². The van der Waals surface area contributed by atoms with E-state index in [0.717, 1.165) is 11.3 Å². The number of hydrogen-bond acceptors (Lipinski definition) is 6. The molecular weight excluding hydrogens is 392 g/mol. The Labute approximate surface area is 173 Å². The van der Waals surface area contributed by atoms with Crippen molar-refractivity contribution in [2.24, 2.45) is 5.10 Å². The molecular formula is C21H19ClN4O3. The predicted octanol–water partition coefficient (Wildman–Crippen LogP) is 3.97. The Hall–Kier alpha value is -3.45. The van der Waals surface area contributed by atoms with E-state index in [9.17, 15) is 4.79 Å². The normalized spacial score (nSPS) is 10.7. The van der Waals surface area contributed by atoms with Crippen LogP contribution in [0.5, 0.6) is 11.5 Å². The van der Waals surface area contributed by atoms with E-state index in [-0.39, 0.29) is 5.69 Å². The second kappa shape index (κ2) is 9.66. The summed E-state index contributed by atoms with van der Waals surface area (Å²) in [6.07, 6.45) is 4.40. The van der Waals surface area contributed by atoms with Crippen LogP contribution in [0.4, 0.5) is 0 Å². The van der Waals surface area contributed by atoms with Crippen LogP contribution in [0.25, 0.3) is 11.3 Å². The molecule has 0 atom stereocenters. The fraction of sp³-hybridized carbons (Fsp3) is 0.143. The molecule has 0 aliphatic heterocycles. The fourth-order valence-electron chi connectivity index (χ4n) is 2.51. The van der Waals surface area contributed by atoms with Gasteiger partial charge in [-0.1, -0.05) is 23.7 Å². The third-order valence-electron chi connectivity index (χ3n) is 3.91. The molecule has 0 unspecified atom stereocenters. The number of nitrogens with zero attached hydrogens (tertiary/aromatic N) is 3. The Balaban J connectivity index is 1.71. The molecule has 1 heterocycles. The number of benzene rings is 2. The van der Waals surface area contributed by atoms with Crippen molar-refractivity contribution < 1.29 is 14.3 Å². The van der Waals surface area contributed by atoms with Gasteiger partial charge in [0.15, 0.2) is 0 Å². The lowest BCUT2D eigenvalue weighted by Crippen LogP contribution is -2.19. The average molecular weight is 411 g/mol. The quantitative estimate of drug-likeness (QED) is 0.470. The maximum atomic E-state index is 12.4. The van der Waals surface area contributed by atoms with Gasteiger partial charge in [0.25, 0.3) is 5.91 Å². The first-order valence-corrected chi connectivity index (χ1v) is 9.21. The van der Waals surface area contributed by atoms with Crippen LogP contribution in [0, 0.1) is 0 Å². The van der Waals surface area contributed by atoms with Gasteiger partial charge in [0.1, 0.15) is 17.2 Å². The summed E-state index contributed by atoms with van der Waals surface area (Å²) in [5.41, 5.74) is 4.57. The predicted molar refractivity (Wildman–Crippen MR) is 112 cm³/mol. The summed E-state index contributed by atoms with van der Waals surface area (Å²) in [6, 6.07) is 12.7. The minimum absolute atomic E-state index is 0.144. The molecule has 0 saturated carbocycles. The van der Waals surface area contributed by atoms with Gasteiger partial charge in [0.05, 0.1) is 43.0 Å². The van der Waals surface area contributed by atoms with E-state index >= 15 is 0 Å². The highest BCUT2D eigenvalue weighted by Gasteiger charge is 2.10. The first kappa shape index (κ1) is 20.3. The van der Waals surface area contributed by atoms with Gasteiger partial charge < -0.3 is 9.47 Å². The third kappa shape index (κ3) is 5.08. The van der Waals surface area contributed by atoms with Crippen LogP contribution in [-0.4, -0.2) is 35.8 Å². The van der Waals surface area contributed by atoms with E-state index in [0.29, 0.717) is 28.6 Å². The smallest absolute Gasteiger partial charge is 0.291 e. The van der Waals surface area contributed by atoms with Crippen LogP contribution in [0.3, 0.4) is 0 Å². The molecule has 7 nitrogen and oxygen atoms in total. The molecule has 148 valence electrons. The standard InChI is InChI=1S/C21H19ClN4O3/c1-3-29-16-9-7-14(8-10-16)17-12-23-13-18(25-17)21(27)26-24-11-15-5-4-6-19(28-2)20(15)22/h4-13H,3H2,1-2H3,(H,26,27). The first-order valence-electron chi connectivity index (χ1n) is 8.83. The Bertz CT molecular complexity index is 1020. The number of ether oxygens (including phenoxy) is 2. The summed E-state index contributed by atoms with van der Waals surface area (Å²) in [4.78, 5) is 20.8. The number of nitrogens with one attached hydrogen (secondary N) is 1. The van der Waals surface area contributed by atoms with Crippen molar-refractivity contribution in [2.75, 3.05) is 13.7 Å². The highest BCUT2D eigenvalue weighted by molar-refractivity contribution is 6.34. The number of halogens is 1. The lowest BCUT2D eigenvalue weighted by molar-refractivity contribution is 0.0950. The van der Waals surface area contributed by atoms with Gasteiger partial charge in [0, 0.05) is 11.1 Å². The molecule has 0 spiro atoms. The molecule has 0 fully saturated rings. The minimum atomic E-state index is -0.486. The Morgan fingerprint density at radius 2 is 2.00 bits per heavy atom. The molecule has 8 heteroatoms. The lowest BCUT2D eigenvalue weighted by Gasteiger charge is -2.06. The van der Waals surface area contributed by atoms with Crippen molar-refractivity contribution in [1.29, 1.82) is 0 Å². The fourth-order valence-corrected chi connectivity index (χ4v) is 2.76. The SMILES string of the molecule is CCOc1ccc(-c2cncc(C(=O)NN=Cc3cccc(OC)c3Cl)n2)cc1. The Morgan fingerprint density at radius 1 is 1.21 bits per heavy atom. The summed E-state index contributed by atoms with van der Waals surface area (Å²) < 4.78 is 10.6. The molecule has 1 aromatic heterocycles. The number of amides is 1. The number of rotatable bonds is 7. The molecule has 0 bridgehead atoms. The highest BCUT2D eigenvalue weighted by atomic mass is 35.5. The largest absolute Gasteiger partial charge is 0.495 e. The van der Waals surface area contributed by atoms with Gasteiger partial charge in [-0.2, -0.15) is 5.10 Å². The van der Waals surface area contributed by atoms with Crippen LogP contribution >= 0.6 is 11.6 Å². The molecule has 0 aliphatic rings. The molecule has 29 heavy (non-hydrogen) atoms. The topological polar surface area (TPSA) is 85.7 Å². The number of hydrazone groups is 1. The van der Waals surface area contributed by atoms with Crippen molar-refractivity contribution in [3.8, 4) is 22.8 Å². The number of aromatic nitrogens is 2. The van der Waals surface area contributed by atoms with Crippen LogP contribution in [-0.2, 0) is 0 Å². The zero-order chi connectivity index (χ0) is 20.6. The van der Waals surface area contributed by atoms with E-state index in [1.165, 1.54) is 19.5 Å². The van der Waals surface area contributed by atoms with E-state index < -0.39 is 5.91 Å². The maximum absolute atomic E-state index is 12.4. The molecule has 3 aromatic rings. The van der Waals surface area contributed by atoms with Crippen molar-refractivity contribution in [1.82, 2.24) is 15.4 Å². The highest BCUT2D eigenvalue weighted by Crippen LogP contribution is 2.26. The Kier molecular flexibility index (Phi) is 6.76. The van der Waals surface area contributed by atoms with Gasteiger partial charge in [0.2, 0.25) is 0 Å². The summed E-state index contributed by atoms with van der Waals surface area (Å²) in [5.74, 6) is 0.806.